The molecule has 0 amide bonds. The molecule has 76 valence electrons. The second-order valence-corrected chi connectivity index (χ2v) is 4.22. The molecule has 0 radical (unpaired) electrons. The molecule has 2 N–H and O–H groups in total. The highest BCUT2D eigenvalue weighted by Gasteiger charge is 2.18. The highest BCUT2D eigenvalue weighted by atomic mass is 79.9. The van der Waals surface area contributed by atoms with Crippen LogP contribution in [-0.4, -0.2) is 34.3 Å². The van der Waals surface area contributed by atoms with Gasteiger partial charge in [-0.15, -0.1) is 10.2 Å². The van der Waals surface area contributed by atoms with Gasteiger partial charge in [0.25, 0.3) is 0 Å². The van der Waals surface area contributed by atoms with Gasteiger partial charge in [-0.1, -0.05) is 0 Å². The molecular weight excluding hydrogens is 246 g/mol. The molecule has 14 heavy (non-hydrogen) atoms. The first-order chi connectivity index (χ1) is 6.75. The number of piperidine rings is 1. The van der Waals surface area contributed by atoms with E-state index in [-0.39, 0.29) is 0 Å². The molecule has 5 nitrogen and oxygen atoms in total. The number of anilines is 1. The quantitative estimate of drug-likeness (QED) is 0.797. The molecule has 1 aromatic rings. The first kappa shape index (κ1) is 9.79. The molecule has 1 saturated heterocycles. The van der Waals surface area contributed by atoms with Gasteiger partial charge in [-0.2, -0.15) is 0 Å². The standard InChI is InChI=1S/C8H12BrN5/c9-7-5-11-8(13-12-7)14-3-1-6(10)2-4-14/h5-6H,1-4,10H2. The number of rotatable bonds is 1. The van der Waals surface area contributed by atoms with Crippen LogP contribution in [0.25, 0.3) is 0 Å². The summed E-state index contributed by atoms with van der Waals surface area (Å²) in [6.45, 7) is 1.84. The average molecular weight is 258 g/mol. The zero-order valence-electron chi connectivity index (χ0n) is 7.73. The number of nitrogens with two attached hydrogens (primary N) is 1. The van der Waals surface area contributed by atoms with E-state index in [2.05, 4.69) is 36.0 Å². The van der Waals surface area contributed by atoms with Gasteiger partial charge in [0.2, 0.25) is 5.95 Å². The minimum absolute atomic E-state index is 0.328. The van der Waals surface area contributed by atoms with E-state index >= 15 is 0 Å². The maximum atomic E-state index is 5.81. The molecule has 0 bridgehead atoms. The highest BCUT2D eigenvalue weighted by Crippen LogP contribution is 2.14. The summed E-state index contributed by atoms with van der Waals surface area (Å²) in [5.74, 6) is 0.695. The van der Waals surface area contributed by atoms with Gasteiger partial charge < -0.3 is 10.6 Å². The SMILES string of the molecule is NC1CCN(c2ncc(Br)nn2)CC1. The molecular formula is C8H12BrN5. The predicted molar refractivity (Wildman–Crippen MR) is 56.9 cm³/mol. The Bertz CT molecular complexity index is 293. The third kappa shape index (κ3) is 2.19. The summed E-state index contributed by atoms with van der Waals surface area (Å²) in [6.07, 6.45) is 3.66. The van der Waals surface area contributed by atoms with E-state index in [0.717, 1.165) is 25.9 Å². The fraction of sp³-hybridized carbons (Fsp3) is 0.625. The second kappa shape index (κ2) is 4.18. The Kier molecular flexibility index (Phi) is 2.93. The van der Waals surface area contributed by atoms with Gasteiger partial charge in [-0.3, -0.25) is 0 Å². The number of nitrogens with zero attached hydrogens (tertiary/aromatic N) is 4. The van der Waals surface area contributed by atoms with Crippen LogP contribution in [0.4, 0.5) is 5.95 Å². The summed E-state index contributed by atoms with van der Waals surface area (Å²) >= 11 is 3.20. The number of hydrogen-bond donors (Lipinski definition) is 1. The van der Waals surface area contributed by atoms with Gasteiger partial charge in [0, 0.05) is 19.1 Å². The van der Waals surface area contributed by atoms with Crippen molar-refractivity contribution >= 4 is 21.9 Å². The lowest BCUT2D eigenvalue weighted by Gasteiger charge is -2.29. The van der Waals surface area contributed by atoms with Crippen molar-refractivity contribution in [3.8, 4) is 0 Å². The van der Waals surface area contributed by atoms with Gasteiger partial charge in [0.1, 0.15) is 4.60 Å². The molecule has 1 aromatic heterocycles. The van der Waals surface area contributed by atoms with E-state index in [1.165, 1.54) is 0 Å². The summed E-state index contributed by atoms with van der Waals surface area (Å²) in [4.78, 5) is 6.31. The van der Waals surface area contributed by atoms with E-state index in [9.17, 15) is 0 Å². The van der Waals surface area contributed by atoms with Crippen LogP contribution < -0.4 is 10.6 Å². The molecule has 0 aliphatic carbocycles. The molecule has 1 aliphatic rings. The lowest BCUT2D eigenvalue weighted by molar-refractivity contribution is 0.494. The molecule has 1 aliphatic heterocycles. The Morgan fingerprint density at radius 1 is 1.36 bits per heavy atom. The van der Waals surface area contributed by atoms with E-state index in [0.29, 0.717) is 16.6 Å². The molecule has 6 heteroatoms. The maximum Gasteiger partial charge on any atom is 0.245 e. The van der Waals surface area contributed by atoms with Crippen molar-refractivity contribution < 1.29 is 0 Å². The summed E-state index contributed by atoms with van der Waals surface area (Å²) < 4.78 is 0.662. The van der Waals surface area contributed by atoms with E-state index < -0.39 is 0 Å². The fourth-order valence-electron chi connectivity index (χ4n) is 1.50. The van der Waals surface area contributed by atoms with Crippen LogP contribution in [-0.2, 0) is 0 Å². The molecule has 2 heterocycles. The van der Waals surface area contributed by atoms with Crippen molar-refractivity contribution in [3.05, 3.63) is 10.8 Å². The summed E-state index contributed by atoms with van der Waals surface area (Å²) in [5.41, 5.74) is 5.81. The van der Waals surface area contributed by atoms with Crippen LogP contribution in [0.2, 0.25) is 0 Å². The topological polar surface area (TPSA) is 67.9 Å². The number of aromatic nitrogens is 3. The third-order valence-corrected chi connectivity index (χ3v) is 2.71. The van der Waals surface area contributed by atoms with Crippen LogP contribution in [0.5, 0.6) is 0 Å². The van der Waals surface area contributed by atoms with Gasteiger partial charge in [-0.25, -0.2) is 4.98 Å². The largest absolute Gasteiger partial charge is 0.339 e. The fourth-order valence-corrected chi connectivity index (χ4v) is 1.68. The monoisotopic (exact) mass is 257 g/mol. The minimum Gasteiger partial charge on any atom is -0.339 e. The van der Waals surface area contributed by atoms with Crippen LogP contribution in [0, 0.1) is 0 Å². The zero-order valence-corrected chi connectivity index (χ0v) is 9.31. The maximum absolute atomic E-state index is 5.81. The van der Waals surface area contributed by atoms with Crippen molar-refractivity contribution in [2.24, 2.45) is 5.73 Å². The molecule has 1 fully saturated rings. The second-order valence-electron chi connectivity index (χ2n) is 3.41. The Morgan fingerprint density at radius 2 is 2.07 bits per heavy atom. The Hall–Kier alpha value is -0.750. The summed E-state index contributed by atoms with van der Waals surface area (Å²) in [5, 5.41) is 7.91. The van der Waals surface area contributed by atoms with Crippen LogP contribution in [0.3, 0.4) is 0 Å². The van der Waals surface area contributed by atoms with Crippen LogP contribution >= 0.6 is 15.9 Å². The van der Waals surface area contributed by atoms with Crippen molar-refractivity contribution in [2.45, 2.75) is 18.9 Å². The highest BCUT2D eigenvalue weighted by molar-refractivity contribution is 9.10. The average Bonchev–Trinajstić information content (AvgIpc) is 2.21. The van der Waals surface area contributed by atoms with E-state index in [1.807, 2.05) is 0 Å². The zero-order chi connectivity index (χ0) is 9.97. The third-order valence-electron chi connectivity index (χ3n) is 2.34. The van der Waals surface area contributed by atoms with Gasteiger partial charge >= 0.3 is 0 Å². The van der Waals surface area contributed by atoms with Crippen LogP contribution in [0.15, 0.2) is 10.8 Å². The Labute approximate surface area is 90.8 Å². The predicted octanol–water partition coefficient (Wildman–Crippen LogP) is 0.562. The molecule has 0 spiro atoms. The Balaban J connectivity index is 2.05. The van der Waals surface area contributed by atoms with Gasteiger partial charge in [-0.05, 0) is 28.8 Å². The molecule has 0 aromatic carbocycles. The number of halogens is 1. The van der Waals surface area contributed by atoms with Crippen molar-refractivity contribution in [1.29, 1.82) is 0 Å². The number of hydrogen-bond acceptors (Lipinski definition) is 5. The molecule has 0 saturated carbocycles. The minimum atomic E-state index is 0.328. The molecule has 0 atom stereocenters. The van der Waals surface area contributed by atoms with Crippen molar-refractivity contribution in [2.75, 3.05) is 18.0 Å². The smallest absolute Gasteiger partial charge is 0.245 e. The summed E-state index contributed by atoms with van der Waals surface area (Å²) in [6, 6.07) is 0.328. The van der Waals surface area contributed by atoms with Crippen molar-refractivity contribution in [1.82, 2.24) is 15.2 Å². The lowest BCUT2D eigenvalue weighted by Crippen LogP contribution is -2.40. The normalized spacial score (nSPS) is 18.6. The summed E-state index contributed by atoms with van der Waals surface area (Å²) in [7, 11) is 0. The van der Waals surface area contributed by atoms with Gasteiger partial charge in [0.05, 0.1) is 6.20 Å². The first-order valence-electron chi connectivity index (χ1n) is 4.61. The lowest BCUT2D eigenvalue weighted by atomic mass is 10.1. The van der Waals surface area contributed by atoms with Crippen molar-refractivity contribution in [3.63, 3.8) is 0 Å². The molecule has 2 rings (SSSR count). The Morgan fingerprint density at radius 3 is 2.64 bits per heavy atom. The molecule has 0 unspecified atom stereocenters. The van der Waals surface area contributed by atoms with E-state index in [4.69, 9.17) is 5.73 Å². The van der Waals surface area contributed by atoms with Crippen LogP contribution in [0.1, 0.15) is 12.8 Å². The van der Waals surface area contributed by atoms with E-state index in [1.54, 1.807) is 6.20 Å². The first-order valence-corrected chi connectivity index (χ1v) is 5.41. The van der Waals surface area contributed by atoms with Gasteiger partial charge in [0.15, 0.2) is 0 Å².